The SMILES string of the molecule is CC1(C)CC[C@]2(C(=O)OCc3ccccc3)CC[C@]3(C)C(=CCC4[C@@]5(C)CC[C@H](O)C(C)(C)C5CC[C@]43C)C2C1. The normalized spacial score (nSPS) is 45.1. The van der Waals surface area contributed by atoms with E-state index in [0.717, 1.165) is 56.9 Å². The van der Waals surface area contributed by atoms with Gasteiger partial charge in [0.2, 0.25) is 0 Å². The third-order valence-electron chi connectivity index (χ3n) is 14.2. The molecule has 0 aromatic heterocycles. The van der Waals surface area contributed by atoms with Crippen molar-refractivity contribution in [3.63, 3.8) is 0 Å². The van der Waals surface area contributed by atoms with Crippen LogP contribution in [0.4, 0.5) is 0 Å². The van der Waals surface area contributed by atoms with E-state index in [-0.39, 0.29) is 45.1 Å². The maximum absolute atomic E-state index is 14.1. The largest absolute Gasteiger partial charge is 0.460 e. The van der Waals surface area contributed by atoms with Crippen LogP contribution in [0.1, 0.15) is 118 Å². The van der Waals surface area contributed by atoms with Crippen LogP contribution in [0.25, 0.3) is 0 Å². The summed E-state index contributed by atoms with van der Waals surface area (Å²) in [7, 11) is 0. The van der Waals surface area contributed by atoms with Crippen LogP contribution in [-0.4, -0.2) is 17.2 Å². The zero-order valence-corrected chi connectivity index (χ0v) is 26.3. The first-order valence-electron chi connectivity index (χ1n) is 16.3. The summed E-state index contributed by atoms with van der Waals surface area (Å²) in [6.07, 6.45) is 13.2. The molecular weight excluding hydrogens is 492 g/mol. The van der Waals surface area contributed by atoms with Gasteiger partial charge in [0.25, 0.3) is 0 Å². The molecule has 5 aliphatic rings. The standard InChI is InChI=1S/C37H54O3/c1-32(2)19-21-37(31(39)40-24-25-11-9-8-10-12-25)22-20-35(6)26(27(37)23-32)13-14-29-34(5)17-16-30(38)33(3,4)28(34)15-18-36(29,35)7/h8-13,27-30,38H,14-24H2,1-7H3/t27?,28?,29?,30-,34-,35+,36+,37-/m0/s1. The molecule has 1 N–H and O–H groups in total. The molecule has 0 heterocycles. The average Bonchev–Trinajstić information content (AvgIpc) is 2.90. The van der Waals surface area contributed by atoms with Crippen LogP contribution in [0.5, 0.6) is 0 Å². The van der Waals surface area contributed by atoms with Crippen LogP contribution in [0, 0.1) is 50.2 Å². The van der Waals surface area contributed by atoms with Gasteiger partial charge in [-0.25, -0.2) is 0 Å². The number of hydrogen-bond acceptors (Lipinski definition) is 3. The van der Waals surface area contributed by atoms with E-state index in [9.17, 15) is 9.90 Å². The van der Waals surface area contributed by atoms with Crippen molar-refractivity contribution >= 4 is 5.97 Å². The first kappa shape index (κ1) is 28.5. The van der Waals surface area contributed by atoms with Crippen LogP contribution in [0.2, 0.25) is 0 Å². The summed E-state index contributed by atoms with van der Waals surface area (Å²) in [4.78, 5) is 14.1. The second-order valence-electron chi connectivity index (χ2n) is 16.8. The first-order chi connectivity index (χ1) is 18.7. The van der Waals surface area contributed by atoms with Crippen molar-refractivity contribution in [3.8, 4) is 0 Å². The van der Waals surface area contributed by atoms with Gasteiger partial charge in [-0.05, 0) is 115 Å². The summed E-state index contributed by atoms with van der Waals surface area (Å²) in [5.74, 6) is 1.50. The van der Waals surface area contributed by atoms with Crippen molar-refractivity contribution < 1.29 is 14.6 Å². The lowest BCUT2D eigenvalue weighted by molar-refractivity contribution is -0.206. The molecule has 6 rings (SSSR count). The van der Waals surface area contributed by atoms with Crippen LogP contribution < -0.4 is 0 Å². The third kappa shape index (κ3) is 3.88. The number of aliphatic hydroxyl groups is 1. The highest BCUT2D eigenvalue weighted by molar-refractivity contribution is 5.79. The third-order valence-corrected chi connectivity index (χ3v) is 14.2. The van der Waals surface area contributed by atoms with Gasteiger partial charge in [-0.1, -0.05) is 90.4 Å². The molecule has 4 fully saturated rings. The minimum absolute atomic E-state index is 0.0309. The molecule has 0 saturated heterocycles. The van der Waals surface area contributed by atoms with Gasteiger partial charge in [0.05, 0.1) is 11.5 Å². The zero-order chi connectivity index (χ0) is 28.8. The number of esters is 1. The number of aliphatic hydroxyl groups excluding tert-OH is 1. The van der Waals surface area contributed by atoms with E-state index in [1.54, 1.807) is 5.57 Å². The number of allylic oxidation sites excluding steroid dienone is 2. The maximum atomic E-state index is 14.1. The van der Waals surface area contributed by atoms with Crippen LogP contribution in [0.3, 0.4) is 0 Å². The zero-order valence-electron chi connectivity index (χ0n) is 26.3. The molecule has 3 heteroatoms. The Hall–Kier alpha value is -1.61. The molecule has 0 spiro atoms. The molecule has 0 aliphatic heterocycles. The average molecular weight is 547 g/mol. The molecule has 4 saturated carbocycles. The van der Waals surface area contributed by atoms with Gasteiger partial charge in [0, 0.05) is 0 Å². The van der Waals surface area contributed by atoms with Crippen molar-refractivity contribution in [2.24, 2.45) is 50.2 Å². The molecule has 0 amide bonds. The number of hydrogen-bond donors (Lipinski definition) is 1. The van der Waals surface area contributed by atoms with Crippen molar-refractivity contribution in [1.82, 2.24) is 0 Å². The second-order valence-corrected chi connectivity index (χ2v) is 16.8. The van der Waals surface area contributed by atoms with Gasteiger partial charge >= 0.3 is 5.97 Å². The number of fused-ring (bicyclic) bond motifs is 7. The minimum atomic E-state index is -0.392. The summed E-state index contributed by atoms with van der Waals surface area (Å²) < 4.78 is 6.17. The summed E-state index contributed by atoms with van der Waals surface area (Å²) in [6, 6.07) is 10.2. The monoisotopic (exact) mass is 546 g/mol. The molecule has 1 aromatic carbocycles. The van der Waals surface area contributed by atoms with Crippen molar-refractivity contribution in [2.75, 3.05) is 0 Å². The fourth-order valence-corrected chi connectivity index (χ4v) is 11.5. The van der Waals surface area contributed by atoms with Gasteiger partial charge in [0.15, 0.2) is 0 Å². The molecule has 5 aliphatic carbocycles. The number of rotatable bonds is 3. The Balaban J connectivity index is 1.36. The molecule has 0 bridgehead atoms. The number of carbonyl (C=O) groups excluding carboxylic acids is 1. The molecule has 1 aromatic rings. The lowest BCUT2D eigenvalue weighted by Crippen LogP contribution is -2.65. The smallest absolute Gasteiger partial charge is 0.313 e. The summed E-state index contributed by atoms with van der Waals surface area (Å²) in [6.45, 7) is 17.6. The van der Waals surface area contributed by atoms with Crippen molar-refractivity contribution in [1.29, 1.82) is 0 Å². The van der Waals surface area contributed by atoms with Gasteiger partial charge in [0.1, 0.15) is 6.61 Å². The Morgan fingerprint density at radius 2 is 1.57 bits per heavy atom. The van der Waals surface area contributed by atoms with Crippen LogP contribution in [-0.2, 0) is 16.1 Å². The Kier molecular flexibility index (Phi) is 6.55. The number of benzene rings is 1. The molecule has 220 valence electrons. The predicted molar refractivity (Wildman–Crippen MR) is 161 cm³/mol. The first-order valence-corrected chi connectivity index (χ1v) is 16.3. The molecule has 8 atom stereocenters. The number of ether oxygens (including phenoxy) is 1. The minimum Gasteiger partial charge on any atom is -0.460 e. The quantitative estimate of drug-likeness (QED) is 0.304. The summed E-state index contributed by atoms with van der Waals surface area (Å²) in [5.41, 5.74) is 3.03. The Morgan fingerprint density at radius 3 is 2.30 bits per heavy atom. The van der Waals surface area contributed by atoms with E-state index in [1.807, 2.05) is 18.2 Å². The van der Waals surface area contributed by atoms with Crippen molar-refractivity contribution in [2.45, 2.75) is 125 Å². The predicted octanol–water partition coefficient (Wildman–Crippen LogP) is 8.89. The van der Waals surface area contributed by atoms with Crippen LogP contribution in [0.15, 0.2) is 42.0 Å². The second kappa shape index (κ2) is 9.19. The Bertz CT molecular complexity index is 1180. The fourth-order valence-electron chi connectivity index (χ4n) is 11.5. The molecule has 0 radical (unpaired) electrons. The van der Waals surface area contributed by atoms with Crippen LogP contribution >= 0.6 is 0 Å². The van der Waals surface area contributed by atoms with E-state index < -0.39 is 5.41 Å². The summed E-state index contributed by atoms with van der Waals surface area (Å²) >= 11 is 0. The van der Waals surface area contributed by atoms with Gasteiger partial charge in [-0.15, -0.1) is 0 Å². The van der Waals surface area contributed by atoms with E-state index in [1.165, 1.54) is 12.8 Å². The topological polar surface area (TPSA) is 46.5 Å². The van der Waals surface area contributed by atoms with Crippen molar-refractivity contribution in [3.05, 3.63) is 47.5 Å². The lowest BCUT2D eigenvalue weighted by Gasteiger charge is -2.71. The lowest BCUT2D eigenvalue weighted by atomic mass is 9.33. The Labute approximate surface area is 243 Å². The molecular formula is C37H54O3. The molecule has 3 unspecified atom stereocenters. The Morgan fingerprint density at radius 1 is 0.875 bits per heavy atom. The van der Waals surface area contributed by atoms with Gasteiger partial charge < -0.3 is 9.84 Å². The van der Waals surface area contributed by atoms with E-state index in [0.29, 0.717) is 18.4 Å². The van der Waals surface area contributed by atoms with Gasteiger partial charge in [-0.2, -0.15) is 0 Å². The van der Waals surface area contributed by atoms with Gasteiger partial charge in [-0.3, -0.25) is 4.79 Å². The van der Waals surface area contributed by atoms with E-state index >= 15 is 0 Å². The number of carbonyl (C=O) groups is 1. The van der Waals surface area contributed by atoms with E-state index in [4.69, 9.17) is 4.74 Å². The summed E-state index contributed by atoms with van der Waals surface area (Å²) in [5, 5.41) is 11.0. The highest BCUT2D eigenvalue weighted by atomic mass is 16.5. The molecule has 40 heavy (non-hydrogen) atoms. The van der Waals surface area contributed by atoms with E-state index in [2.05, 4.69) is 66.7 Å². The highest BCUT2D eigenvalue weighted by Crippen LogP contribution is 2.75. The fraction of sp³-hybridized carbons (Fsp3) is 0.757. The molecule has 3 nitrogen and oxygen atoms in total. The maximum Gasteiger partial charge on any atom is 0.313 e. The highest BCUT2D eigenvalue weighted by Gasteiger charge is 2.69.